The van der Waals surface area contributed by atoms with Crippen molar-refractivity contribution in [3.63, 3.8) is 0 Å². The highest BCUT2D eigenvalue weighted by Gasteiger charge is 2.15. The maximum absolute atomic E-state index is 13.9. The molecule has 2 aromatic rings. The molecule has 4 nitrogen and oxygen atoms in total. The molecule has 0 aromatic heterocycles. The third kappa shape index (κ3) is 4.39. The molecular formula is C17H15BrClFO4. The summed E-state index contributed by atoms with van der Waals surface area (Å²) in [5.74, 6) is 0.200. The van der Waals surface area contributed by atoms with Crippen LogP contribution in [0.5, 0.6) is 11.5 Å². The number of hydrogen-bond acceptors (Lipinski definition) is 4. The summed E-state index contributed by atoms with van der Waals surface area (Å²) in [7, 11) is 1.21. The predicted octanol–water partition coefficient (Wildman–Crippen LogP) is 5.53. The Kier molecular flexibility index (Phi) is 6.45. The van der Waals surface area contributed by atoms with Crippen molar-refractivity contribution in [1.82, 2.24) is 0 Å². The fourth-order valence-corrected chi connectivity index (χ4v) is 2.73. The Bertz CT molecular complexity index is 752. The molecule has 0 bridgehead atoms. The van der Waals surface area contributed by atoms with Gasteiger partial charge in [0.05, 0.1) is 22.2 Å². The minimum atomic E-state index is -0.863. The zero-order chi connectivity index (χ0) is 17.7. The lowest BCUT2D eigenvalue weighted by Crippen LogP contribution is -2.10. The van der Waals surface area contributed by atoms with Crippen molar-refractivity contribution in [3.05, 3.63) is 56.8 Å². The van der Waals surface area contributed by atoms with E-state index >= 15 is 0 Å². The Morgan fingerprint density at radius 1 is 1.29 bits per heavy atom. The maximum atomic E-state index is 13.9. The predicted molar refractivity (Wildman–Crippen MR) is 92.3 cm³/mol. The number of benzene rings is 2. The molecule has 2 aromatic carbocycles. The maximum Gasteiger partial charge on any atom is 0.513 e. The normalized spacial score (nSPS) is 10.4. The van der Waals surface area contributed by atoms with E-state index in [2.05, 4.69) is 20.7 Å². The molecule has 0 saturated heterocycles. The summed E-state index contributed by atoms with van der Waals surface area (Å²) in [6.45, 7) is 1.86. The monoisotopic (exact) mass is 416 g/mol. The van der Waals surface area contributed by atoms with Crippen LogP contribution in [0.2, 0.25) is 5.02 Å². The summed E-state index contributed by atoms with van der Waals surface area (Å²) in [5.41, 5.74) is 1.04. The molecule has 0 heterocycles. The van der Waals surface area contributed by atoms with Crippen LogP contribution in [0.15, 0.2) is 34.8 Å². The summed E-state index contributed by atoms with van der Waals surface area (Å²) < 4.78 is 29.7. The number of aryl methyl sites for hydroxylation is 1. The Hall–Kier alpha value is -1.79. The molecule has 0 saturated carbocycles. The van der Waals surface area contributed by atoms with Gasteiger partial charge in [0.2, 0.25) is 0 Å². The Labute approximate surface area is 152 Å². The highest BCUT2D eigenvalue weighted by Crippen LogP contribution is 2.32. The molecule has 0 spiro atoms. The zero-order valence-corrected chi connectivity index (χ0v) is 15.4. The van der Waals surface area contributed by atoms with Crippen LogP contribution in [0.25, 0.3) is 0 Å². The van der Waals surface area contributed by atoms with E-state index in [1.54, 1.807) is 24.3 Å². The molecule has 0 radical (unpaired) electrons. The number of halogens is 3. The van der Waals surface area contributed by atoms with E-state index < -0.39 is 6.16 Å². The summed E-state index contributed by atoms with van der Waals surface area (Å²) in [6, 6.07) is 7.82. The molecule has 0 amide bonds. The second-order valence-corrected chi connectivity index (χ2v) is 6.05. The third-order valence-electron chi connectivity index (χ3n) is 3.29. The quantitative estimate of drug-likeness (QED) is 0.474. The van der Waals surface area contributed by atoms with Crippen molar-refractivity contribution in [2.75, 3.05) is 7.11 Å². The van der Waals surface area contributed by atoms with Crippen LogP contribution in [0.3, 0.4) is 0 Å². The highest BCUT2D eigenvalue weighted by molar-refractivity contribution is 9.10. The van der Waals surface area contributed by atoms with Gasteiger partial charge in [-0.25, -0.2) is 9.18 Å². The van der Waals surface area contributed by atoms with Gasteiger partial charge in [-0.2, -0.15) is 0 Å². The number of rotatable bonds is 5. The second-order valence-electron chi connectivity index (χ2n) is 4.79. The molecule has 2 rings (SSSR count). The van der Waals surface area contributed by atoms with E-state index in [0.717, 1.165) is 0 Å². The first-order valence-corrected chi connectivity index (χ1v) is 8.27. The van der Waals surface area contributed by atoms with Gasteiger partial charge in [0, 0.05) is 6.07 Å². The molecule has 0 aliphatic rings. The van der Waals surface area contributed by atoms with Crippen molar-refractivity contribution in [1.29, 1.82) is 0 Å². The lowest BCUT2D eigenvalue weighted by Gasteiger charge is -2.14. The van der Waals surface area contributed by atoms with E-state index in [1.165, 1.54) is 13.2 Å². The van der Waals surface area contributed by atoms with Gasteiger partial charge in [0.15, 0.2) is 0 Å². The van der Waals surface area contributed by atoms with E-state index in [4.69, 9.17) is 21.1 Å². The molecule has 0 aliphatic carbocycles. The minimum absolute atomic E-state index is 0.00445. The molecule has 0 N–H and O–H groups in total. The fraction of sp³-hybridized carbons (Fsp3) is 0.235. The molecule has 24 heavy (non-hydrogen) atoms. The van der Waals surface area contributed by atoms with Crippen molar-refractivity contribution < 1.29 is 23.4 Å². The Morgan fingerprint density at radius 3 is 2.71 bits per heavy atom. The van der Waals surface area contributed by atoms with Gasteiger partial charge >= 0.3 is 6.16 Å². The van der Waals surface area contributed by atoms with Crippen molar-refractivity contribution in [2.24, 2.45) is 0 Å². The van der Waals surface area contributed by atoms with Crippen molar-refractivity contribution in [3.8, 4) is 11.5 Å². The molecule has 0 unspecified atom stereocenters. The van der Waals surface area contributed by atoms with Gasteiger partial charge in [0.25, 0.3) is 0 Å². The second kappa shape index (κ2) is 8.35. The number of methoxy groups -OCH3 is 1. The topological polar surface area (TPSA) is 44.8 Å². The minimum Gasteiger partial charge on any atom is -0.487 e. The highest BCUT2D eigenvalue weighted by atomic mass is 79.9. The lowest BCUT2D eigenvalue weighted by atomic mass is 10.1. The number of carbonyl (C=O) groups excluding carboxylic acids is 1. The summed E-state index contributed by atoms with van der Waals surface area (Å²) in [4.78, 5) is 11.3. The first kappa shape index (κ1) is 18.5. The molecule has 0 fully saturated rings. The van der Waals surface area contributed by atoms with Gasteiger partial charge in [0.1, 0.15) is 23.9 Å². The van der Waals surface area contributed by atoms with Crippen LogP contribution in [0, 0.1) is 5.82 Å². The summed E-state index contributed by atoms with van der Waals surface area (Å²) in [5, 5.41) is 0.359. The Morgan fingerprint density at radius 2 is 2.04 bits per heavy atom. The SMILES string of the molecule is CCc1cc(Br)c(OCc2c(Cl)cccc2OC(=O)OC)cc1F. The van der Waals surface area contributed by atoms with Gasteiger partial charge in [-0.05, 0) is 46.1 Å². The van der Waals surface area contributed by atoms with E-state index in [9.17, 15) is 9.18 Å². The first-order valence-electron chi connectivity index (χ1n) is 7.10. The lowest BCUT2D eigenvalue weighted by molar-refractivity contribution is 0.120. The molecule has 0 atom stereocenters. The average molecular weight is 418 g/mol. The zero-order valence-electron chi connectivity index (χ0n) is 13.1. The smallest absolute Gasteiger partial charge is 0.487 e. The van der Waals surface area contributed by atoms with Gasteiger partial charge in [-0.15, -0.1) is 0 Å². The molecule has 128 valence electrons. The Balaban J connectivity index is 2.23. The van der Waals surface area contributed by atoms with Crippen LogP contribution in [-0.2, 0) is 17.8 Å². The number of hydrogen-bond donors (Lipinski definition) is 0. The van der Waals surface area contributed by atoms with Gasteiger partial charge < -0.3 is 14.2 Å². The average Bonchev–Trinajstić information content (AvgIpc) is 2.56. The number of carbonyl (C=O) groups is 1. The molecule has 7 heteroatoms. The fourth-order valence-electron chi connectivity index (χ4n) is 2.01. The summed E-state index contributed by atoms with van der Waals surface area (Å²) >= 11 is 9.50. The van der Waals surface area contributed by atoms with Gasteiger partial charge in [-0.3, -0.25) is 0 Å². The first-order chi connectivity index (χ1) is 11.5. The van der Waals surface area contributed by atoms with E-state index in [0.29, 0.717) is 32.8 Å². The third-order valence-corrected chi connectivity index (χ3v) is 4.26. The molecular weight excluding hydrogens is 403 g/mol. The van der Waals surface area contributed by atoms with E-state index in [-0.39, 0.29) is 18.2 Å². The molecule has 0 aliphatic heterocycles. The van der Waals surface area contributed by atoms with Crippen LogP contribution in [0.4, 0.5) is 9.18 Å². The van der Waals surface area contributed by atoms with Crippen LogP contribution in [0.1, 0.15) is 18.1 Å². The van der Waals surface area contributed by atoms with E-state index in [1.807, 2.05) is 6.92 Å². The van der Waals surface area contributed by atoms with Crippen LogP contribution in [-0.4, -0.2) is 13.3 Å². The van der Waals surface area contributed by atoms with Crippen molar-refractivity contribution >= 4 is 33.7 Å². The largest absolute Gasteiger partial charge is 0.513 e. The summed E-state index contributed by atoms with van der Waals surface area (Å²) in [6.07, 6.45) is -0.287. The van der Waals surface area contributed by atoms with Crippen molar-refractivity contribution in [2.45, 2.75) is 20.0 Å². The standard InChI is InChI=1S/C17H15BrClFO4/c1-3-10-7-12(18)16(8-14(10)20)23-9-11-13(19)5-4-6-15(11)24-17(21)22-2/h4-8H,3,9H2,1-2H3. The number of ether oxygens (including phenoxy) is 3. The van der Waals surface area contributed by atoms with Gasteiger partial charge in [-0.1, -0.05) is 24.6 Å². The van der Waals surface area contributed by atoms with Crippen LogP contribution < -0.4 is 9.47 Å². The van der Waals surface area contributed by atoms with Crippen LogP contribution >= 0.6 is 27.5 Å².